The molecule has 1 aliphatic heterocycles. The second kappa shape index (κ2) is 4.21. The average Bonchev–Trinajstić information content (AvgIpc) is 2.20. The lowest BCUT2D eigenvalue weighted by Gasteiger charge is -2.39. The highest BCUT2D eigenvalue weighted by Gasteiger charge is 2.36. The smallest absolute Gasteiger partial charge is 0.142 e. The molecule has 0 saturated carbocycles. The van der Waals surface area contributed by atoms with Crippen molar-refractivity contribution in [1.82, 2.24) is 5.32 Å². The molecule has 16 heavy (non-hydrogen) atoms. The van der Waals surface area contributed by atoms with Crippen molar-refractivity contribution >= 4 is 23.4 Å². The van der Waals surface area contributed by atoms with Gasteiger partial charge in [0, 0.05) is 16.5 Å². The minimum Gasteiger partial charge on any atom is -0.312 e. The number of hydrogen-bond acceptors (Lipinski definition) is 2. The Kier molecular flexibility index (Phi) is 3.21. The maximum atomic E-state index is 13.4. The van der Waals surface area contributed by atoms with E-state index in [1.807, 2.05) is 18.8 Å². The van der Waals surface area contributed by atoms with E-state index < -0.39 is 0 Å². The van der Waals surface area contributed by atoms with E-state index >= 15 is 0 Å². The van der Waals surface area contributed by atoms with Crippen LogP contribution in [0.2, 0.25) is 5.02 Å². The summed E-state index contributed by atoms with van der Waals surface area (Å²) in [6.45, 7) is 4.39. The Morgan fingerprint density at radius 3 is 2.81 bits per heavy atom. The van der Waals surface area contributed by atoms with Crippen LogP contribution >= 0.6 is 23.4 Å². The molecule has 88 valence electrons. The lowest BCUT2D eigenvalue weighted by Crippen LogP contribution is -2.38. The Morgan fingerprint density at radius 1 is 1.50 bits per heavy atom. The van der Waals surface area contributed by atoms with Gasteiger partial charge in [0.2, 0.25) is 0 Å². The van der Waals surface area contributed by atoms with Crippen LogP contribution in [0, 0.1) is 5.82 Å². The summed E-state index contributed by atoms with van der Waals surface area (Å²) in [6.07, 6.45) is 0. The number of fused-ring (bicyclic) bond motifs is 1. The summed E-state index contributed by atoms with van der Waals surface area (Å²) in [7, 11) is 1.93. The van der Waals surface area contributed by atoms with Crippen LogP contribution in [0.5, 0.6) is 0 Å². The van der Waals surface area contributed by atoms with E-state index in [9.17, 15) is 4.39 Å². The summed E-state index contributed by atoms with van der Waals surface area (Å²) in [5, 5.41) is 3.51. The molecule has 1 N–H and O–H groups in total. The van der Waals surface area contributed by atoms with Gasteiger partial charge in [0.25, 0.3) is 0 Å². The lowest BCUT2D eigenvalue weighted by atomic mass is 9.91. The van der Waals surface area contributed by atoms with Gasteiger partial charge in [-0.15, -0.1) is 11.8 Å². The first kappa shape index (κ1) is 12.2. The van der Waals surface area contributed by atoms with Crippen LogP contribution in [0.15, 0.2) is 12.1 Å². The van der Waals surface area contributed by atoms with Crippen molar-refractivity contribution in [2.45, 2.75) is 30.4 Å². The molecule has 4 heteroatoms. The number of benzene rings is 1. The topological polar surface area (TPSA) is 12.0 Å². The molecule has 0 aliphatic carbocycles. The van der Waals surface area contributed by atoms with Crippen LogP contribution in [-0.4, -0.2) is 11.8 Å². The minimum atomic E-state index is -0.324. The molecule has 1 aromatic rings. The third-order valence-corrected chi connectivity index (χ3v) is 4.80. The SMILES string of the molecule is CNC1c2cc(Cl)c(F)cc2CSC1(C)C. The fraction of sp³-hybridized carbons (Fsp3) is 0.500. The molecule has 0 bridgehead atoms. The maximum Gasteiger partial charge on any atom is 0.142 e. The zero-order valence-corrected chi connectivity index (χ0v) is 11.2. The molecule has 0 fully saturated rings. The van der Waals surface area contributed by atoms with E-state index in [0.717, 1.165) is 16.9 Å². The number of rotatable bonds is 1. The fourth-order valence-electron chi connectivity index (χ4n) is 2.22. The van der Waals surface area contributed by atoms with Crippen molar-refractivity contribution in [3.63, 3.8) is 0 Å². The van der Waals surface area contributed by atoms with Gasteiger partial charge in [-0.05, 0) is 44.2 Å². The largest absolute Gasteiger partial charge is 0.312 e. The van der Waals surface area contributed by atoms with Crippen LogP contribution in [0.4, 0.5) is 4.39 Å². The Balaban J connectivity index is 2.53. The van der Waals surface area contributed by atoms with Crippen molar-refractivity contribution < 1.29 is 4.39 Å². The van der Waals surface area contributed by atoms with Crippen molar-refractivity contribution in [1.29, 1.82) is 0 Å². The van der Waals surface area contributed by atoms with Crippen molar-refractivity contribution in [3.8, 4) is 0 Å². The van der Waals surface area contributed by atoms with E-state index in [1.54, 1.807) is 12.1 Å². The number of nitrogens with one attached hydrogen (secondary N) is 1. The molecule has 1 atom stereocenters. The Labute approximate surface area is 105 Å². The number of halogens is 2. The molecule has 0 amide bonds. The first-order valence-electron chi connectivity index (χ1n) is 5.25. The Bertz CT molecular complexity index is 420. The summed E-state index contributed by atoms with van der Waals surface area (Å²) < 4.78 is 13.5. The van der Waals surface area contributed by atoms with Gasteiger partial charge in [-0.2, -0.15) is 0 Å². The lowest BCUT2D eigenvalue weighted by molar-refractivity contribution is 0.473. The zero-order chi connectivity index (χ0) is 11.9. The molecule has 2 rings (SSSR count). The van der Waals surface area contributed by atoms with Crippen LogP contribution in [0.25, 0.3) is 0 Å². The summed E-state index contributed by atoms with van der Waals surface area (Å²) >= 11 is 7.69. The minimum absolute atomic E-state index is 0.100. The van der Waals surface area contributed by atoms with Gasteiger partial charge in [-0.25, -0.2) is 4.39 Å². The van der Waals surface area contributed by atoms with Gasteiger partial charge >= 0.3 is 0 Å². The summed E-state index contributed by atoms with van der Waals surface area (Å²) in [5.41, 5.74) is 2.17. The van der Waals surface area contributed by atoms with Crippen molar-refractivity contribution in [2.24, 2.45) is 0 Å². The van der Waals surface area contributed by atoms with E-state index in [1.165, 1.54) is 0 Å². The summed E-state index contributed by atoms with van der Waals surface area (Å²) in [6, 6.07) is 3.53. The summed E-state index contributed by atoms with van der Waals surface area (Å²) in [4.78, 5) is 0. The Morgan fingerprint density at radius 2 is 2.19 bits per heavy atom. The van der Waals surface area contributed by atoms with Crippen LogP contribution in [0.3, 0.4) is 0 Å². The van der Waals surface area contributed by atoms with Crippen LogP contribution < -0.4 is 5.32 Å². The highest BCUT2D eigenvalue weighted by molar-refractivity contribution is 8.00. The predicted octanol–water partition coefficient (Wildman–Crippen LogP) is 3.77. The second-order valence-electron chi connectivity index (χ2n) is 4.58. The van der Waals surface area contributed by atoms with Gasteiger partial charge in [-0.1, -0.05) is 11.6 Å². The highest BCUT2D eigenvalue weighted by Crippen LogP contribution is 2.46. The summed E-state index contributed by atoms with van der Waals surface area (Å²) in [5.74, 6) is 0.518. The van der Waals surface area contributed by atoms with E-state index in [2.05, 4.69) is 19.2 Å². The normalized spacial score (nSPS) is 22.9. The number of thioether (sulfide) groups is 1. The van der Waals surface area contributed by atoms with E-state index in [4.69, 9.17) is 11.6 Å². The zero-order valence-electron chi connectivity index (χ0n) is 9.60. The van der Waals surface area contributed by atoms with Gasteiger partial charge in [0.15, 0.2) is 0 Å². The predicted molar refractivity (Wildman–Crippen MR) is 68.6 cm³/mol. The van der Waals surface area contributed by atoms with Gasteiger partial charge in [0.1, 0.15) is 5.82 Å². The Hall–Kier alpha value is -0.250. The molecule has 1 nitrogen and oxygen atoms in total. The van der Waals surface area contributed by atoms with E-state index in [-0.39, 0.29) is 21.6 Å². The third-order valence-electron chi connectivity index (χ3n) is 3.08. The standard InChI is InChI=1S/C12H15ClFNS/c1-12(2)11(15-3)8-5-9(13)10(14)4-7(8)6-16-12/h4-5,11,15H,6H2,1-3H3. The average molecular weight is 260 g/mol. The molecule has 0 aromatic heterocycles. The quantitative estimate of drug-likeness (QED) is 0.824. The van der Waals surface area contributed by atoms with Gasteiger partial charge in [-0.3, -0.25) is 0 Å². The molecule has 1 aromatic carbocycles. The van der Waals surface area contributed by atoms with E-state index in [0.29, 0.717) is 0 Å². The molecular formula is C12H15ClFNS. The van der Waals surface area contributed by atoms with Gasteiger partial charge < -0.3 is 5.32 Å². The first-order valence-corrected chi connectivity index (χ1v) is 6.61. The maximum absolute atomic E-state index is 13.4. The molecule has 0 spiro atoms. The molecule has 1 aliphatic rings. The number of hydrogen-bond donors (Lipinski definition) is 1. The molecular weight excluding hydrogens is 245 g/mol. The second-order valence-corrected chi connectivity index (χ2v) is 6.62. The molecule has 1 unspecified atom stereocenters. The monoisotopic (exact) mass is 259 g/mol. The van der Waals surface area contributed by atoms with Crippen molar-refractivity contribution in [2.75, 3.05) is 7.05 Å². The van der Waals surface area contributed by atoms with Crippen LogP contribution in [0.1, 0.15) is 31.0 Å². The van der Waals surface area contributed by atoms with Gasteiger partial charge in [0.05, 0.1) is 5.02 Å². The molecule has 0 saturated heterocycles. The fourth-order valence-corrected chi connectivity index (χ4v) is 3.58. The molecule has 0 radical (unpaired) electrons. The molecule has 1 heterocycles. The van der Waals surface area contributed by atoms with Crippen molar-refractivity contribution in [3.05, 3.63) is 34.1 Å². The third kappa shape index (κ3) is 1.96. The van der Waals surface area contributed by atoms with Crippen LogP contribution in [-0.2, 0) is 5.75 Å². The highest BCUT2D eigenvalue weighted by atomic mass is 35.5. The first-order chi connectivity index (χ1) is 7.45.